The third-order valence-corrected chi connectivity index (χ3v) is 22.7. The smallest absolute Gasteiger partial charge is 0.405 e. The van der Waals surface area contributed by atoms with E-state index < -0.39 is 14.0 Å². The lowest BCUT2D eigenvalue weighted by Gasteiger charge is -2.32. The number of hydrogen-bond donors (Lipinski definition) is 0. The molecular formula is C96H98B3BrCl2N14O6. The van der Waals surface area contributed by atoms with Crippen molar-refractivity contribution < 1.29 is 27.9 Å². The summed E-state index contributed by atoms with van der Waals surface area (Å²) in [6, 6.07) is 75.9. The van der Waals surface area contributed by atoms with Crippen LogP contribution in [0.15, 0.2) is 235 Å². The summed E-state index contributed by atoms with van der Waals surface area (Å²) in [7, 11) is -1.29. The maximum absolute atomic E-state index is 6.21. The number of halogens is 3. The highest BCUT2D eigenvalue weighted by Crippen LogP contribution is 2.44. The van der Waals surface area contributed by atoms with Crippen LogP contribution in [0.2, 0.25) is 10.3 Å². The van der Waals surface area contributed by atoms with Crippen LogP contribution in [0.4, 0.5) is 0 Å². The molecule has 6 aromatic heterocycles. The van der Waals surface area contributed by atoms with Crippen LogP contribution in [-0.2, 0) is 27.9 Å². The lowest BCUT2D eigenvalue weighted by molar-refractivity contribution is 0.00578. The first-order valence-electron chi connectivity index (χ1n) is 40.4. The molecule has 20 nitrogen and oxygen atoms in total. The minimum absolute atomic E-state index is 0.326. The van der Waals surface area contributed by atoms with E-state index in [4.69, 9.17) is 76.0 Å². The largest absolute Gasteiger partial charge is 0.494 e. The first kappa shape index (κ1) is 88.9. The molecule has 3 aliphatic heterocycles. The highest BCUT2D eigenvalue weighted by atomic mass is 79.9. The molecule has 0 aliphatic carbocycles. The van der Waals surface area contributed by atoms with E-state index >= 15 is 0 Å². The summed E-state index contributed by atoms with van der Waals surface area (Å²) < 4.78 is 36.9. The lowest BCUT2D eigenvalue weighted by Crippen LogP contribution is -2.41. The minimum atomic E-state index is -0.476. The van der Waals surface area contributed by atoms with Gasteiger partial charge < -0.3 is 27.9 Å². The predicted molar refractivity (Wildman–Crippen MR) is 493 cm³/mol. The summed E-state index contributed by atoms with van der Waals surface area (Å²) >= 11 is 15.2. The number of hydrogen-bond acceptors (Lipinski definition) is 20. The molecule has 17 rings (SSSR count). The summed E-state index contributed by atoms with van der Waals surface area (Å²) in [5.41, 5.74) is 16.6. The van der Waals surface area contributed by atoms with E-state index in [2.05, 4.69) is 131 Å². The van der Waals surface area contributed by atoms with E-state index in [1.807, 2.05) is 299 Å². The molecule has 9 heterocycles. The second kappa shape index (κ2) is 37.0. The van der Waals surface area contributed by atoms with Gasteiger partial charge in [-0.1, -0.05) is 197 Å². The van der Waals surface area contributed by atoms with Gasteiger partial charge in [-0.3, -0.25) is 0 Å². The number of rotatable bonds is 12. The Bertz CT molecular complexity index is 5720. The zero-order valence-electron chi connectivity index (χ0n) is 72.5. The number of aryl methyl sites for hydroxylation is 8. The highest BCUT2D eigenvalue weighted by Gasteiger charge is 2.64. The molecule has 618 valence electrons. The predicted octanol–water partition coefficient (Wildman–Crippen LogP) is 22.0. The van der Waals surface area contributed by atoms with Crippen molar-refractivity contribution in [1.82, 2.24) is 69.8 Å². The van der Waals surface area contributed by atoms with Gasteiger partial charge in [-0.2, -0.15) is 0 Å². The number of nitrogens with zero attached hydrogens (tertiary/aromatic N) is 14. The van der Waals surface area contributed by atoms with Crippen LogP contribution in [-0.4, -0.2) is 125 Å². The molecule has 26 heteroatoms. The van der Waals surface area contributed by atoms with Crippen LogP contribution < -0.4 is 5.46 Å². The Morgan fingerprint density at radius 2 is 0.459 bits per heavy atom. The fourth-order valence-corrected chi connectivity index (χ4v) is 14.6. The molecule has 122 heavy (non-hydrogen) atoms. The molecule has 3 aliphatic rings. The van der Waals surface area contributed by atoms with Crippen molar-refractivity contribution in [2.24, 2.45) is 0 Å². The molecule has 0 bridgehead atoms. The molecule has 0 amide bonds. The van der Waals surface area contributed by atoms with E-state index in [-0.39, 0.29) is 40.7 Å². The standard InChI is InChI=1S/C39H31N7.C21H13BrClN3.C18H23BN2O2.C12H24B2O4.C6H7ClN2/c1-24-19-25(2)41-35(40-24)31-17-15-28(16-18-31)32-21-33(38-42-26(3)20-27(4)43-38)23-34(22-32)39-45-36(29-11-7-5-8-12-29)44-37(46-39)30-13-9-6-10-14-30;22-17-11-16(12-18(23)13-17)21-25-19(14-7-3-1-4-8-14)24-20(26-21)15-9-5-2-6-10-15;1-12-11-13(2)21-16(20-12)14-7-9-15(10-8-14)19-22-17(3,4)18(5,6)23-19;1-9(2)10(3,4)16-13(15-9)14-17-11(5,6)12(7,8)18-14;1-4-3-5(2)9-6(7)8-4/h5-23H,1-4H3;1-13H;7-11H,1-6H3;1-8H3;3H,1-2H3. The second-order valence-electron chi connectivity index (χ2n) is 33.4. The molecule has 0 N–H and O–H groups in total. The van der Waals surface area contributed by atoms with Gasteiger partial charge in [0.15, 0.2) is 52.4 Å². The van der Waals surface area contributed by atoms with Gasteiger partial charge in [0.2, 0.25) is 5.28 Å². The van der Waals surface area contributed by atoms with Crippen LogP contribution in [0.1, 0.15) is 129 Å². The molecule has 0 saturated carbocycles. The first-order chi connectivity index (χ1) is 57.8. The normalized spacial score (nSPS) is 15.5. The Morgan fingerprint density at radius 3 is 0.754 bits per heavy atom. The van der Waals surface area contributed by atoms with Crippen molar-refractivity contribution >= 4 is 65.7 Å². The summed E-state index contributed by atoms with van der Waals surface area (Å²) in [6.45, 7) is 40.1. The zero-order valence-corrected chi connectivity index (χ0v) is 75.6. The quantitative estimate of drug-likeness (QED) is 0.0816. The number of aromatic nitrogens is 14. The van der Waals surface area contributed by atoms with Crippen LogP contribution in [0.5, 0.6) is 0 Å². The Kier molecular flexibility index (Phi) is 27.0. The summed E-state index contributed by atoms with van der Waals surface area (Å²) in [5, 5.41) is 0.949. The molecule has 0 atom stereocenters. The van der Waals surface area contributed by atoms with Crippen LogP contribution >= 0.6 is 39.1 Å². The van der Waals surface area contributed by atoms with Crippen LogP contribution in [0.3, 0.4) is 0 Å². The molecule has 3 fully saturated rings. The second-order valence-corrected chi connectivity index (χ2v) is 35.1. The third-order valence-electron chi connectivity index (χ3n) is 21.8. The van der Waals surface area contributed by atoms with Crippen molar-refractivity contribution in [2.75, 3.05) is 0 Å². The molecule has 3 saturated heterocycles. The fraction of sp³-hybridized carbons (Fsp3) is 0.271. The van der Waals surface area contributed by atoms with Gasteiger partial charge in [0, 0.05) is 105 Å². The molecule has 0 unspecified atom stereocenters. The SMILES string of the molecule is CC1(C)OB(B2OC(C)(C)C(C)(C)O2)OC1(C)C.Cc1cc(C)nc(-c2ccc(-c3cc(-c4nc(C)cc(C)n4)cc(-c4nc(-c5ccccc5)nc(-c5ccccc5)n4)c3)cc2)n1.Cc1cc(C)nc(-c2ccc(B3OC(C)(C)C(C)(C)O3)cc2)n1.Cc1cc(C)nc(Cl)n1.Clc1cc(Br)cc(-c2nc(-c3ccccc3)nc(-c3ccccc3)n2)c1. The van der Waals surface area contributed by atoms with Crippen LogP contribution in [0.25, 0.3) is 114 Å². The van der Waals surface area contributed by atoms with E-state index in [1.165, 1.54) is 0 Å². The fourth-order valence-electron chi connectivity index (χ4n) is 13.4. The van der Waals surface area contributed by atoms with Gasteiger partial charge in [-0.05, 0) is 227 Å². The van der Waals surface area contributed by atoms with Crippen LogP contribution in [0, 0.1) is 55.4 Å². The Balaban J connectivity index is 0.000000144. The maximum atomic E-state index is 6.21. The van der Waals surface area contributed by atoms with Crippen molar-refractivity contribution in [3.63, 3.8) is 0 Å². The summed E-state index contributed by atoms with van der Waals surface area (Å²) in [6.07, 6.45) is 0. The average molecular weight is 1730 g/mol. The monoisotopic (exact) mass is 1720 g/mol. The topological polar surface area (TPSA) is 236 Å². The first-order valence-corrected chi connectivity index (χ1v) is 41.9. The van der Waals surface area contributed by atoms with E-state index in [0.717, 1.165) is 123 Å². The van der Waals surface area contributed by atoms with Gasteiger partial charge in [0.05, 0.1) is 33.6 Å². The Morgan fingerprint density at radius 1 is 0.230 bits per heavy atom. The molecule has 0 spiro atoms. The molecule has 0 radical (unpaired) electrons. The van der Waals surface area contributed by atoms with Gasteiger partial charge in [0.1, 0.15) is 0 Å². The number of benzene rings is 8. The zero-order chi connectivity index (χ0) is 87.2. The van der Waals surface area contributed by atoms with Gasteiger partial charge in [0.25, 0.3) is 0 Å². The van der Waals surface area contributed by atoms with Crippen molar-refractivity contribution in [2.45, 2.75) is 172 Å². The van der Waals surface area contributed by atoms with Gasteiger partial charge in [-0.25, -0.2) is 69.8 Å². The summed E-state index contributed by atoms with van der Waals surface area (Å²) in [5.74, 6) is 5.75. The summed E-state index contributed by atoms with van der Waals surface area (Å²) in [4.78, 5) is 64.6. The van der Waals surface area contributed by atoms with E-state index in [0.29, 0.717) is 56.9 Å². The van der Waals surface area contributed by atoms with E-state index in [1.54, 1.807) is 0 Å². The molecular weight excluding hydrogens is 1630 g/mol. The van der Waals surface area contributed by atoms with Gasteiger partial charge >= 0.3 is 21.1 Å². The lowest BCUT2D eigenvalue weighted by atomic mass is 9.49. The Hall–Kier alpha value is -10.9. The maximum Gasteiger partial charge on any atom is 0.494 e. The third kappa shape index (κ3) is 21.8. The van der Waals surface area contributed by atoms with Crippen molar-refractivity contribution in [1.29, 1.82) is 0 Å². The van der Waals surface area contributed by atoms with Crippen molar-refractivity contribution in [3.05, 3.63) is 291 Å². The van der Waals surface area contributed by atoms with Crippen molar-refractivity contribution in [3.8, 4) is 114 Å². The molecule has 8 aromatic carbocycles. The minimum Gasteiger partial charge on any atom is -0.405 e. The average Bonchev–Trinajstić information content (AvgIpc) is 1.58. The Labute approximate surface area is 735 Å². The highest BCUT2D eigenvalue weighted by molar-refractivity contribution is 9.10. The van der Waals surface area contributed by atoms with Gasteiger partial charge in [-0.15, -0.1) is 0 Å². The molecule has 14 aromatic rings. The van der Waals surface area contributed by atoms with E-state index in [9.17, 15) is 0 Å².